The van der Waals surface area contributed by atoms with Gasteiger partial charge in [0.25, 0.3) is 5.91 Å². The Morgan fingerprint density at radius 1 is 1.19 bits per heavy atom. The largest absolute Gasteiger partial charge is 0.491 e. The lowest BCUT2D eigenvalue weighted by Crippen LogP contribution is -2.29. The Bertz CT molecular complexity index is 822. The van der Waals surface area contributed by atoms with Crippen molar-refractivity contribution in [3.8, 4) is 5.75 Å². The molecule has 21 heavy (non-hydrogen) atoms. The third kappa shape index (κ3) is 2.05. The number of aromatic nitrogens is 1. The zero-order valence-electron chi connectivity index (χ0n) is 11.3. The van der Waals surface area contributed by atoms with Gasteiger partial charge in [0, 0.05) is 28.2 Å². The van der Waals surface area contributed by atoms with E-state index in [0.29, 0.717) is 12.2 Å². The van der Waals surface area contributed by atoms with E-state index in [4.69, 9.17) is 4.74 Å². The van der Waals surface area contributed by atoms with E-state index >= 15 is 0 Å². The van der Waals surface area contributed by atoms with Gasteiger partial charge in [0.2, 0.25) is 0 Å². The molecule has 0 bridgehead atoms. The molecule has 1 atom stereocenters. The van der Waals surface area contributed by atoms with E-state index in [1.165, 1.54) is 0 Å². The van der Waals surface area contributed by atoms with E-state index in [0.717, 1.165) is 22.2 Å². The molecule has 2 N–H and O–H groups in total. The van der Waals surface area contributed by atoms with Crippen LogP contribution in [0.2, 0.25) is 0 Å². The standard InChI is InChI=1S/C17H14N2O2/c20-17(12-5-6-14-11(9-12)7-8-18-14)19-15-10-21-16-4-2-1-3-13(15)16/h1-9,15,18H,10H2,(H,19,20). The van der Waals surface area contributed by atoms with E-state index < -0.39 is 0 Å². The van der Waals surface area contributed by atoms with Crippen LogP contribution in [0.5, 0.6) is 5.75 Å². The molecular weight excluding hydrogens is 264 g/mol. The summed E-state index contributed by atoms with van der Waals surface area (Å²) in [6.45, 7) is 0.484. The summed E-state index contributed by atoms with van der Waals surface area (Å²) in [6, 6.07) is 15.3. The monoisotopic (exact) mass is 278 g/mol. The topological polar surface area (TPSA) is 54.1 Å². The van der Waals surface area contributed by atoms with Gasteiger partial charge in [-0.15, -0.1) is 0 Å². The first-order valence-corrected chi connectivity index (χ1v) is 6.91. The second-order valence-electron chi connectivity index (χ2n) is 5.15. The van der Waals surface area contributed by atoms with Gasteiger partial charge in [-0.25, -0.2) is 0 Å². The van der Waals surface area contributed by atoms with Crippen LogP contribution in [0.25, 0.3) is 10.9 Å². The Hall–Kier alpha value is -2.75. The molecule has 0 aliphatic carbocycles. The smallest absolute Gasteiger partial charge is 0.251 e. The predicted molar refractivity (Wildman–Crippen MR) is 80.4 cm³/mol. The Morgan fingerprint density at radius 2 is 2.10 bits per heavy atom. The number of nitrogens with one attached hydrogen (secondary N) is 2. The zero-order chi connectivity index (χ0) is 14.2. The van der Waals surface area contributed by atoms with Gasteiger partial charge in [-0.3, -0.25) is 4.79 Å². The van der Waals surface area contributed by atoms with Gasteiger partial charge in [0.15, 0.2) is 0 Å². The summed E-state index contributed by atoms with van der Waals surface area (Å²) in [6.07, 6.45) is 1.87. The summed E-state index contributed by atoms with van der Waals surface area (Å²) in [4.78, 5) is 15.5. The maximum atomic E-state index is 12.4. The van der Waals surface area contributed by atoms with Crippen molar-refractivity contribution in [1.82, 2.24) is 10.3 Å². The molecule has 1 unspecified atom stereocenters. The minimum Gasteiger partial charge on any atom is -0.491 e. The highest BCUT2D eigenvalue weighted by Gasteiger charge is 2.25. The number of benzene rings is 2. The number of carbonyl (C=O) groups excluding carboxylic acids is 1. The second-order valence-corrected chi connectivity index (χ2v) is 5.15. The van der Waals surface area contributed by atoms with Gasteiger partial charge in [0.05, 0.1) is 6.04 Å². The van der Waals surface area contributed by atoms with Crippen LogP contribution in [0.3, 0.4) is 0 Å². The molecule has 3 aromatic rings. The minimum absolute atomic E-state index is 0.0802. The number of para-hydroxylation sites is 1. The molecule has 1 aromatic heterocycles. The summed E-state index contributed by atoms with van der Waals surface area (Å²) in [5, 5.41) is 4.07. The molecule has 104 valence electrons. The maximum absolute atomic E-state index is 12.4. The molecule has 4 heteroatoms. The first-order chi connectivity index (χ1) is 10.3. The van der Waals surface area contributed by atoms with Crippen molar-refractivity contribution < 1.29 is 9.53 Å². The lowest BCUT2D eigenvalue weighted by molar-refractivity contribution is 0.0930. The highest BCUT2D eigenvalue weighted by molar-refractivity contribution is 5.98. The normalized spacial score (nSPS) is 16.5. The maximum Gasteiger partial charge on any atom is 0.251 e. The van der Waals surface area contributed by atoms with Crippen LogP contribution >= 0.6 is 0 Å². The van der Waals surface area contributed by atoms with Crippen molar-refractivity contribution in [1.29, 1.82) is 0 Å². The number of amides is 1. The van der Waals surface area contributed by atoms with Gasteiger partial charge in [0.1, 0.15) is 12.4 Å². The van der Waals surface area contributed by atoms with Crippen LogP contribution in [-0.4, -0.2) is 17.5 Å². The van der Waals surface area contributed by atoms with Crippen molar-refractivity contribution in [2.24, 2.45) is 0 Å². The highest BCUT2D eigenvalue weighted by Crippen LogP contribution is 2.31. The van der Waals surface area contributed by atoms with E-state index in [2.05, 4.69) is 10.3 Å². The molecule has 1 amide bonds. The first-order valence-electron chi connectivity index (χ1n) is 6.91. The van der Waals surface area contributed by atoms with E-state index in [-0.39, 0.29) is 11.9 Å². The molecule has 0 saturated heterocycles. The third-order valence-electron chi connectivity index (χ3n) is 3.82. The van der Waals surface area contributed by atoms with Crippen molar-refractivity contribution in [3.63, 3.8) is 0 Å². The molecule has 0 radical (unpaired) electrons. The van der Waals surface area contributed by atoms with Crippen molar-refractivity contribution in [3.05, 3.63) is 65.9 Å². The second kappa shape index (κ2) is 4.66. The molecular formula is C17H14N2O2. The van der Waals surface area contributed by atoms with Gasteiger partial charge in [-0.05, 0) is 30.3 Å². The highest BCUT2D eigenvalue weighted by atomic mass is 16.5. The molecule has 4 rings (SSSR count). The van der Waals surface area contributed by atoms with Gasteiger partial charge >= 0.3 is 0 Å². The van der Waals surface area contributed by atoms with Crippen LogP contribution in [0.15, 0.2) is 54.7 Å². The predicted octanol–water partition coefficient (Wildman–Crippen LogP) is 3.03. The van der Waals surface area contributed by atoms with Gasteiger partial charge in [-0.1, -0.05) is 18.2 Å². The molecule has 1 aliphatic heterocycles. The summed E-state index contributed by atoms with van der Waals surface area (Å²) in [5.41, 5.74) is 2.72. The quantitative estimate of drug-likeness (QED) is 0.757. The fourth-order valence-electron chi connectivity index (χ4n) is 2.72. The van der Waals surface area contributed by atoms with Crippen LogP contribution in [0.1, 0.15) is 22.0 Å². The van der Waals surface area contributed by atoms with Crippen molar-refractivity contribution in [2.75, 3.05) is 6.61 Å². The molecule has 2 heterocycles. The fraction of sp³-hybridized carbons (Fsp3) is 0.118. The Morgan fingerprint density at radius 3 is 3.05 bits per heavy atom. The molecule has 0 spiro atoms. The van der Waals surface area contributed by atoms with Crippen molar-refractivity contribution >= 4 is 16.8 Å². The number of H-pyrrole nitrogens is 1. The number of aromatic amines is 1. The summed E-state index contributed by atoms with van der Waals surface area (Å²) in [5.74, 6) is 0.771. The Kier molecular flexibility index (Phi) is 2.67. The first kappa shape index (κ1) is 12.0. The lowest BCUT2D eigenvalue weighted by Gasteiger charge is -2.11. The van der Waals surface area contributed by atoms with Gasteiger partial charge in [-0.2, -0.15) is 0 Å². The minimum atomic E-state index is -0.0874. The van der Waals surface area contributed by atoms with Crippen LogP contribution < -0.4 is 10.1 Å². The van der Waals surface area contributed by atoms with E-state index in [1.807, 2.05) is 54.7 Å². The molecule has 2 aromatic carbocycles. The Labute approximate surface area is 121 Å². The molecule has 0 saturated carbocycles. The fourth-order valence-corrected chi connectivity index (χ4v) is 2.72. The molecule has 1 aliphatic rings. The van der Waals surface area contributed by atoms with Crippen LogP contribution in [0.4, 0.5) is 0 Å². The third-order valence-corrected chi connectivity index (χ3v) is 3.82. The average Bonchev–Trinajstić information content (AvgIpc) is 3.13. The van der Waals surface area contributed by atoms with Crippen molar-refractivity contribution in [2.45, 2.75) is 6.04 Å². The van der Waals surface area contributed by atoms with E-state index in [1.54, 1.807) is 0 Å². The van der Waals surface area contributed by atoms with Gasteiger partial charge < -0.3 is 15.0 Å². The number of rotatable bonds is 2. The molecule has 4 nitrogen and oxygen atoms in total. The van der Waals surface area contributed by atoms with Crippen LogP contribution in [0, 0.1) is 0 Å². The summed E-state index contributed by atoms with van der Waals surface area (Å²) in [7, 11) is 0. The SMILES string of the molecule is O=C(NC1COc2ccccc21)c1ccc2[nH]ccc2c1. The number of ether oxygens (including phenoxy) is 1. The number of fused-ring (bicyclic) bond motifs is 2. The van der Waals surface area contributed by atoms with E-state index in [9.17, 15) is 4.79 Å². The van der Waals surface area contributed by atoms with Crippen LogP contribution in [-0.2, 0) is 0 Å². The number of hydrogen-bond acceptors (Lipinski definition) is 2. The summed E-state index contributed by atoms with van der Waals surface area (Å²) >= 11 is 0. The Balaban J connectivity index is 1.58. The number of carbonyl (C=O) groups is 1. The lowest BCUT2D eigenvalue weighted by atomic mass is 10.1. The number of hydrogen-bond donors (Lipinski definition) is 2. The average molecular weight is 278 g/mol. The summed E-state index contributed by atoms with van der Waals surface area (Å²) < 4.78 is 5.59. The molecule has 0 fully saturated rings. The zero-order valence-corrected chi connectivity index (χ0v) is 11.3.